The molecule has 0 amide bonds. The minimum absolute atomic E-state index is 0.111. The predicted octanol–water partition coefficient (Wildman–Crippen LogP) is 4.58. The van der Waals surface area contributed by atoms with Crippen LogP contribution in [0, 0.1) is 11.6 Å². The molecule has 0 aliphatic rings. The summed E-state index contributed by atoms with van der Waals surface area (Å²) in [7, 11) is 0. The van der Waals surface area contributed by atoms with Gasteiger partial charge >= 0.3 is 0 Å². The van der Waals surface area contributed by atoms with Gasteiger partial charge in [-0.15, -0.1) is 0 Å². The number of hydrogen-bond acceptors (Lipinski definition) is 2. The average molecular weight is 285 g/mol. The summed E-state index contributed by atoms with van der Waals surface area (Å²) in [5.74, 6) is -1.08. The van der Waals surface area contributed by atoms with Gasteiger partial charge in [0.15, 0.2) is 6.29 Å². The molecule has 5 heteroatoms. The maximum Gasteiger partial charge on any atom is 0.151 e. The lowest BCUT2D eigenvalue weighted by molar-refractivity contribution is 0.112. The highest BCUT2D eigenvalue weighted by molar-refractivity contribution is 7.99. The van der Waals surface area contributed by atoms with Gasteiger partial charge in [0, 0.05) is 15.5 Å². The topological polar surface area (TPSA) is 17.1 Å². The molecule has 0 heterocycles. The molecule has 0 aromatic heterocycles. The second-order valence-corrected chi connectivity index (χ2v) is 5.00. The molecule has 0 bridgehead atoms. The van der Waals surface area contributed by atoms with E-state index >= 15 is 0 Å². The Morgan fingerprint density at radius 1 is 1.06 bits per heavy atom. The molecule has 0 N–H and O–H groups in total. The number of hydrogen-bond donors (Lipinski definition) is 0. The first-order valence-corrected chi connectivity index (χ1v) is 6.17. The van der Waals surface area contributed by atoms with Gasteiger partial charge in [0.1, 0.15) is 11.6 Å². The van der Waals surface area contributed by atoms with Crippen LogP contribution in [0.15, 0.2) is 46.2 Å². The SMILES string of the molecule is O=Cc1ccc(Cl)cc1Sc1cc(F)ccc1F. The Morgan fingerprint density at radius 3 is 2.56 bits per heavy atom. The van der Waals surface area contributed by atoms with Crippen molar-refractivity contribution in [3.8, 4) is 0 Å². The first-order chi connectivity index (χ1) is 8.60. The molecule has 18 heavy (non-hydrogen) atoms. The van der Waals surface area contributed by atoms with E-state index in [2.05, 4.69) is 0 Å². The largest absolute Gasteiger partial charge is 0.298 e. The van der Waals surface area contributed by atoms with Crippen molar-refractivity contribution in [3.05, 3.63) is 58.6 Å². The summed E-state index contributed by atoms with van der Waals surface area (Å²) in [5.41, 5.74) is 0.382. The molecule has 0 saturated carbocycles. The van der Waals surface area contributed by atoms with Crippen LogP contribution < -0.4 is 0 Å². The lowest BCUT2D eigenvalue weighted by Crippen LogP contribution is -1.88. The highest BCUT2D eigenvalue weighted by atomic mass is 35.5. The fourth-order valence-electron chi connectivity index (χ4n) is 1.37. The molecule has 2 aromatic carbocycles. The van der Waals surface area contributed by atoms with Gasteiger partial charge in [-0.3, -0.25) is 4.79 Å². The summed E-state index contributed by atoms with van der Waals surface area (Å²) in [6, 6.07) is 7.81. The molecular formula is C13H7ClF2OS. The first-order valence-electron chi connectivity index (χ1n) is 4.98. The van der Waals surface area contributed by atoms with E-state index in [4.69, 9.17) is 11.6 Å². The predicted molar refractivity (Wildman–Crippen MR) is 67.3 cm³/mol. The van der Waals surface area contributed by atoms with Gasteiger partial charge < -0.3 is 0 Å². The number of halogens is 3. The zero-order chi connectivity index (χ0) is 13.1. The van der Waals surface area contributed by atoms with Gasteiger partial charge in [0.2, 0.25) is 0 Å². The molecule has 0 spiro atoms. The fourth-order valence-corrected chi connectivity index (χ4v) is 2.60. The van der Waals surface area contributed by atoms with Gasteiger partial charge in [-0.2, -0.15) is 0 Å². The number of rotatable bonds is 3. The van der Waals surface area contributed by atoms with Gasteiger partial charge in [-0.1, -0.05) is 23.4 Å². The van der Waals surface area contributed by atoms with Crippen LogP contribution in [0.5, 0.6) is 0 Å². The number of aldehydes is 1. The molecule has 0 atom stereocenters. The molecule has 0 aliphatic heterocycles. The van der Waals surface area contributed by atoms with Crippen LogP contribution in [0.4, 0.5) is 8.78 Å². The smallest absolute Gasteiger partial charge is 0.151 e. The van der Waals surface area contributed by atoms with Gasteiger partial charge in [0.25, 0.3) is 0 Å². The fraction of sp³-hybridized carbons (Fsp3) is 0. The van der Waals surface area contributed by atoms with Crippen molar-refractivity contribution < 1.29 is 13.6 Å². The van der Waals surface area contributed by atoms with E-state index in [1.54, 1.807) is 12.1 Å². The Kier molecular flexibility index (Phi) is 3.99. The third-order valence-electron chi connectivity index (χ3n) is 2.22. The quantitative estimate of drug-likeness (QED) is 0.767. The maximum absolute atomic E-state index is 13.5. The third kappa shape index (κ3) is 2.89. The lowest BCUT2D eigenvalue weighted by Gasteiger charge is -2.06. The minimum Gasteiger partial charge on any atom is -0.298 e. The summed E-state index contributed by atoms with van der Waals surface area (Å²) >= 11 is 6.78. The second kappa shape index (κ2) is 5.50. The first kappa shape index (κ1) is 13.1. The van der Waals surface area contributed by atoms with Crippen LogP contribution in [-0.4, -0.2) is 6.29 Å². The Labute approximate surface area is 112 Å². The molecule has 1 nitrogen and oxygen atoms in total. The maximum atomic E-state index is 13.5. The lowest BCUT2D eigenvalue weighted by atomic mass is 10.2. The molecule has 0 saturated heterocycles. The van der Waals surface area contributed by atoms with E-state index < -0.39 is 11.6 Å². The normalized spacial score (nSPS) is 10.4. The van der Waals surface area contributed by atoms with Crippen LogP contribution >= 0.6 is 23.4 Å². The van der Waals surface area contributed by atoms with Crippen molar-refractivity contribution in [1.82, 2.24) is 0 Å². The summed E-state index contributed by atoms with van der Waals surface area (Å²) in [4.78, 5) is 11.5. The van der Waals surface area contributed by atoms with Crippen LogP contribution in [0.1, 0.15) is 10.4 Å². The third-order valence-corrected chi connectivity index (χ3v) is 3.56. The molecule has 92 valence electrons. The average Bonchev–Trinajstić information content (AvgIpc) is 2.34. The molecule has 0 radical (unpaired) electrons. The van der Waals surface area contributed by atoms with Crippen molar-refractivity contribution in [2.75, 3.05) is 0 Å². The van der Waals surface area contributed by atoms with Crippen molar-refractivity contribution in [2.24, 2.45) is 0 Å². The second-order valence-electron chi connectivity index (χ2n) is 3.48. The Balaban J connectivity index is 2.41. The molecule has 0 fully saturated rings. The van der Waals surface area contributed by atoms with E-state index in [1.165, 1.54) is 6.07 Å². The summed E-state index contributed by atoms with van der Waals surface area (Å²) < 4.78 is 26.5. The van der Waals surface area contributed by atoms with Crippen LogP contribution in [0.2, 0.25) is 5.02 Å². The molecule has 0 aliphatic carbocycles. The van der Waals surface area contributed by atoms with E-state index in [-0.39, 0.29) is 4.90 Å². The monoisotopic (exact) mass is 284 g/mol. The van der Waals surface area contributed by atoms with E-state index in [0.29, 0.717) is 21.8 Å². The summed E-state index contributed by atoms with van der Waals surface area (Å²) in [5, 5.41) is 0.430. The highest BCUT2D eigenvalue weighted by Crippen LogP contribution is 2.33. The van der Waals surface area contributed by atoms with Crippen molar-refractivity contribution >= 4 is 29.6 Å². The molecule has 0 unspecified atom stereocenters. The van der Waals surface area contributed by atoms with E-state index in [0.717, 1.165) is 30.0 Å². The minimum atomic E-state index is -0.543. The van der Waals surface area contributed by atoms with Crippen LogP contribution in [-0.2, 0) is 0 Å². The molecule has 2 rings (SSSR count). The van der Waals surface area contributed by atoms with Crippen molar-refractivity contribution in [1.29, 1.82) is 0 Å². The number of carbonyl (C=O) groups is 1. The van der Waals surface area contributed by atoms with Crippen molar-refractivity contribution in [3.63, 3.8) is 0 Å². The standard InChI is InChI=1S/C13H7ClF2OS/c14-9-2-1-8(7-17)12(5-9)18-13-6-10(15)3-4-11(13)16/h1-7H. The zero-order valence-electron chi connectivity index (χ0n) is 8.99. The Morgan fingerprint density at radius 2 is 1.83 bits per heavy atom. The van der Waals surface area contributed by atoms with Crippen LogP contribution in [0.25, 0.3) is 0 Å². The van der Waals surface area contributed by atoms with Gasteiger partial charge in [-0.25, -0.2) is 8.78 Å². The summed E-state index contributed by atoms with van der Waals surface area (Å²) in [6.45, 7) is 0. The number of carbonyl (C=O) groups excluding carboxylic acids is 1. The van der Waals surface area contributed by atoms with Gasteiger partial charge in [-0.05, 0) is 36.4 Å². The molecular weight excluding hydrogens is 278 g/mol. The zero-order valence-corrected chi connectivity index (χ0v) is 10.6. The number of benzene rings is 2. The summed E-state index contributed by atoms with van der Waals surface area (Å²) in [6.07, 6.45) is 0.649. The Hall–Kier alpha value is -1.39. The van der Waals surface area contributed by atoms with Crippen molar-refractivity contribution in [2.45, 2.75) is 9.79 Å². The van der Waals surface area contributed by atoms with E-state index in [9.17, 15) is 13.6 Å². The Bertz CT molecular complexity index is 602. The highest BCUT2D eigenvalue weighted by Gasteiger charge is 2.09. The van der Waals surface area contributed by atoms with Gasteiger partial charge in [0.05, 0.1) is 4.90 Å². The van der Waals surface area contributed by atoms with E-state index in [1.807, 2.05) is 0 Å². The molecule has 2 aromatic rings. The van der Waals surface area contributed by atoms with Crippen LogP contribution in [0.3, 0.4) is 0 Å².